The van der Waals surface area contributed by atoms with Crippen LogP contribution in [0.5, 0.6) is 17.2 Å². The molecule has 0 saturated carbocycles. The van der Waals surface area contributed by atoms with E-state index in [0.29, 0.717) is 34.2 Å². The van der Waals surface area contributed by atoms with E-state index >= 15 is 4.39 Å². The first kappa shape index (κ1) is 45.4. The fourth-order valence-electron chi connectivity index (χ4n) is 8.00. The van der Waals surface area contributed by atoms with Crippen molar-refractivity contribution in [1.82, 2.24) is 20.5 Å². The van der Waals surface area contributed by atoms with Gasteiger partial charge in [0, 0.05) is 48.8 Å². The molecule has 6 aromatic rings. The molecule has 1 fully saturated rings. The maximum Gasteiger partial charge on any atom is 0.347 e. The third-order valence-corrected chi connectivity index (χ3v) is 11.6. The smallest absolute Gasteiger partial charge is 0.347 e. The second-order valence-corrected chi connectivity index (χ2v) is 15.9. The molecule has 1 aromatic heterocycles. The molecule has 13 nitrogen and oxygen atoms in total. The molecule has 5 aromatic carbocycles. The number of nitrogens with one attached hydrogen (secondary N) is 3. The second kappa shape index (κ2) is 21.2. The Kier molecular flexibility index (Phi) is 15.0. The summed E-state index contributed by atoms with van der Waals surface area (Å²) >= 11 is 0. The normalized spacial score (nSPS) is 14.7. The number of carbonyl (C=O) groups is 2. The van der Waals surface area contributed by atoms with E-state index in [-0.39, 0.29) is 72.5 Å². The summed E-state index contributed by atoms with van der Waals surface area (Å²) in [6.45, 7) is 3.34. The minimum atomic E-state index is -2.09. The monoisotopic (exact) mass is 872 g/mol. The number of hydrogen-bond acceptors (Lipinski definition) is 11. The molecule has 1 amide bonds. The van der Waals surface area contributed by atoms with Crippen LogP contribution in [-0.4, -0.2) is 83.6 Å². The van der Waals surface area contributed by atoms with E-state index in [1.807, 2.05) is 18.2 Å². The fourth-order valence-corrected chi connectivity index (χ4v) is 8.00. The van der Waals surface area contributed by atoms with Gasteiger partial charge in [-0.2, -0.15) is 0 Å². The molecule has 0 spiro atoms. The quantitative estimate of drug-likeness (QED) is 0.0409. The van der Waals surface area contributed by atoms with Crippen molar-refractivity contribution >= 4 is 22.8 Å². The third-order valence-electron chi connectivity index (χ3n) is 11.6. The van der Waals surface area contributed by atoms with E-state index in [2.05, 4.69) is 32.7 Å². The number of nitrogens with zero attached hydrogens (tertiary/aromatic N) is 1. The number of aliphatic hydroxyl groups excluding tert-OH is 1. The first-order chi connectivity index (χ1) is 31.0. The Morgan fingerprint density at radius 3 is 2.41 bits per heavy atom. The number of aromatic amines is 1. The molecule has 7 rings (SSSR count). The molecule has 1 saturated heterocycles. The van der Waals surface area contributed by atoms with Crippen molar-refractivity contribution in [3.63, 3.8) is 0 Å². The lowest BCUT2D eigenvalue weighted by Crippen LogP contribution is -2.40. The van der Waals surface area contributed by atoms with Gasteiger partial charge < -0.3 is 45.1 Å². The summed E-state index contributed by atoms with van der Waals surface area (Å²) < 4.78 is 32.6. The summed E-state index contributed by atoms with van der Waals surface area (Å²) in [5, 5.41) is 39.5. The molecule has 2 atom stereocenters. The highest BCUT2D eigenvalue weighted by Crippen LogP contribution is 2.34. The molecule has 1 aliphatic rings. The molecule has 334 valence electrons. The van der Waals surface area contributed by atoms with Crippen LogP contribution in [0.4, 0.5) is 4.39 Å². The minimum absolute atomic E-state index is 0.0504. The van der Waals surface area contributed by atoms with E-state index in [1.165, 1.54) is 43.0 Å². The van der Waals surface area contributed by atoms with Crippen molar-refractivity contribution in [2.75, 3.05) is 46.5 Å². The lowest BCUT2D eigenvalue weighted by atomic mass is 9.86. The lowest BCUT2D eigenvalue weighted by molar-refractivity contribution is -0.164. The lowest BCUT2D eigenvalue weighted by Gasteiger charge is -2.33. The number of likely N-dealkylation sites (tertiary alicyclic amines) is 1. The van der Waals surface area contributed by atoms with E-state index in [4.69, 9.17) is 14.2 Å². The number of pyridine rings is 1. The van der Waals surface area contributed by atoms with Gasteiger partial charge in [0.1, 0.15) is 23.1 Å². The molecular formula is C50H53FN4O9. The average Bonchev–Trinajstić information content (AvgIpc) is 3.31. The number of phenolic OH excluding ortho intramolecular Hbond substituents is 1. The van der Waals surface area contributed by atoms with E-state index < -0.39 is 29.4 Å². The van der Waals surface area contributed by atoms with E-state index in [9.17, 15) is 29.7 Å². The summed E-state index contributed by atoms with van der Waals surface area (Å²) in [6.07, 6.45) is 1.09. The van der Waals surface area contributed by atoms with Crippen molar-refractivity contribution in [1.29, 1.82) is 0 Å². The molecule has 1 aliphatic heterocycles. The standard InChI is InChI=1S/C50H53FN4O9/c1-62-45-28-41(42(51)26-35(45)29-52-30-44(57)39-16-18-43(56)47-40(39)17-19-46(58)54-47)48(59)53-22-9-25-63-38-15-8-14-37(27-38)50(61,36-12-6-3-7-13-36)49(60)64-32-34-20-23-55(24-21-34)31-33-10-4-2-5-11-33/h2-8,10-19,26-28,34,44,52,56-57,61H,9,20-25,29-32H2,1H3,(H,53,59)(H,54,58)/t44-,50?/m0/s1. The molecule has 0 bridgehead atoms. The van der Waals surface area contributed by atoms with Crippen molar-refractivity contribution in [3.8, 4) is 17.2 Å². The molecule has 14 heteroatoms. The van der Waals surface area contributed by atoms with Crippen LogP contribution in [0.15, 0.2) is 126 Å². The number of rotatable bonds is 19. The number of aliphatic hydroxyl groups is 2. The summed E-state index contributed by atoms with van der Waals surface area (Å²) in [5.74, 6) is -1.45. The van der Waals surface area contributed by atoms with Crippen molar-refractivity contribution in [2.45, 2.75) is 44.1 Å². The number of aromatic nitrogens is 1. The third kappa shape index (κ3) is 11.0. The van der Waals surface area contributed by atoms with Crippen LogP contribution in [0.3, 0.4) is 0 Å². The van der Waals surface area contributed by atoms with Gasteiger partial charge in [-0.15, -0.1) is 0 Å². The average molecular weight is 873 g/mol. The molecule has 1 unspecified atom stereocenters. The first-order valence-electron chi connectivity index (χ1n) is 21.4. The SMILES string of the molecule is COc1cc(C(=O)NCCCOc2cccc(C(O)(C(=O)OCC3CCN(Cc4ccccc4)CC3)c3ccccc3)c2)c(F)cc1CNC[C@H](O)c1ccc(O)c2[nH]c(=O)ccc12. The molecule has 64 heavy (non-hydrogen) atoms. The number of aromatic hydroxyl groups is 1. The Morgan fingerprint density at radius 1 is 0.922 bits per heavy atom. The summed E-state index contributed by atoms with van der Waals surface area (Å²) in [4.78, 5) is 43.6. The van der Waals surface area contributed by atoms with Gasteiger partial charge in [0.05, 0.1) is 37.5 Å². The number of H-pyrrole nitrogens is 1. The number of fused-ring (bicyclic) bond motifs is 1. The van der Waals surface area contributed by atoms with Gasteiger partial charge in [0.2, 0.25) is 11.2 Å². The van der Waals surface area contributed by atoms with Crippen molar-refractivity contribution in [3.05, 3.63) is 171 Å². The van der Waals surface area contributed by atoms with Gasteiger partial charge >= 0.3 is 5.97 Å². The van der Waals surface area contributed by atoms with Crippen molar-refractivity contribution in [2.24, 2.45) is 5.92 Å². The number of carbonyl (C=O) groups excluding carboxylic acids is 2. The zero-order valence-electron chi connectivity index (χ0n) is 35.6. The van der Waals surface area contributed by atoms with Gasteiger partial charge in [-0.05, 0) is 91.4 Å². The Bertz CT molecular complexity index is 2580. The fraction of sp³-hybridized carbons (Fsp3) is 0.300. The highest BCUT2D eigenvalue weighted by Gasteiger charge is 2.42. The zero-order valence-corrected chi connectivity index (χ0v) is 35.6. The predicted octanol–water partition coefficient (Wildman–Crippen LogP) is 6.09. The van der Waals surface area contributed by atoms with Crippen LogP contribution in [0.2, 0.25) is 0 Å². The zero-order chi connectivity index (χ0) is 45.1. The molecular weight excluding hydrogens is 820 g/mol. The number of benzene rings is 5. The Balaban J connectivity index is 0.895. The van der Waals surface area contributed by atoms with E-state index in [0.717, 1.165) is 32.5 Å². The number of amides is 1. The molecule has 6 N–H and O–H groups in total. The van der Waals surface area contributed by atoms with E-state index in [1.54, 1.807) is 60.7 Å². The minimum Gasteiger partial charge on any atom is -0.506 e. The summed E-state index contributed by atoms with van der Waals surface area (Å²) in [5.41, 5.74) is 0.338. The number of hydrogen-bond donors (Lipinski definition) is 6. The maximum absolute atomic E-state index is 15.3. The topological polar surface area (TPSA) is 183 Å². The van der Waals surface area contributed by atoms with Crippen LogP contribution in [0, 0.1) is 11.7 Å². The number of esters is 1. The maximum atomic E-state index is 15.3. The van der Waals surface area contributed by atoms with Crippen LogP contribution in [-0.2, 0) is 28.2 Å². The van der Waals surface area contributed by atoms with Crippen LogP contribution in [0.1, 0.15) is 63.5 Å². The molecule has 2 heterocycles. The Labute approximate surface area is 370 Å². The van der Waals surface area contributed by atoms with Gasteiger partial charge in [-0.1, -0.05) is 78.9 Å². The number of phenols is 1. The number of halogens is 1. The summed E-state index contributed by atoms with van der Waals surface area (Å²) in [7, 11) is 1.41. The van der Waals surface area contributed by atoms with Crippen LogP contribution >= 0.6 is 0 Å². The molecule has 0 aliphatic carbocycles. The predicted molar refractivity (Wildman–Crippen MR) is 240 cm³/mol. The Morgan fingerprint density at radius 2 is 1.66 bits per heavy atom. The van der Waals surface area contributed by atoms with Gasteiger partial charge in [0.15, 0.2) is 0 Å². The second-order valence-electron chi connectivity index (χ2n) is 15.9. The Hall–Kier alpha value is -6.58. The van der Waals surface area contributed by atoms with Crippen LogP contribution in [0.25, 0.3) is 10.9 Å². The highest BCUT2D eigenvalue weighted by molar-refractivity contribution is 5.95. The highest BCUT2D eigenvalue weighted by atomic mass is 19.1. The van der Waals surface area contributed by atoms with Gasteiger partial charge in [-0.25, -0.2) is 9.18 Å². The summed E-state index contributed by atoms with van der Waals surface area (Å²) in [6, 6.07) is 34.0. The number of ether oxygens (including phenoxy) is 3. The van der Waals surface area contributed by atoms with Gasteiger partial charge in [-0.3, -0.25) is 14.5 Å². The van der Waals surface area contributed by atoms with Gasteiger partial charge in [0.25, 0.3) is 5.91 Å². The largest absolute Gasteiger partial charge is 0.506 e. The molecule has 0 radical (unpaired) electrons. The number of piperidine rings is 1. The number of methoxy groups -OCH3 is 1. The van der Waals surface area contributed by atoms with Crippen LogP contribution < -0.4 is 25.7 Å². The van der Waals surface area contributed by atoms with Crippen molar-refractivity contribution < 1.29 is 43.5 Å². The first-order valence-corrected chi connectivity index (χ1v) is 21.4.